The highest BCUT2D eigenvalue weighted by atomic mass is 32.2. The lowest BCUT2D eigenvalue weighted by Crippen LogP contribution is -2.30. The van der Waals surface area contributed by atoms with Gasteiger partial charge in [0, 0.05) is 36.3 Å². The maximum atomic E-state index is 5.43. The Kier molecular flexibility index (Phi) is 4.57. The number of morpholine rings is 1. The van der Waals surface area contributed by atoms with Crippen LogP contribution in [0.5, 0.6) is 0 Å². The van der Waals surface area contributed by atoms with Crippen molar-refractivity contribution in [1.29, 1.82) is 0 Å². The summed E-state index contributed by atoms with van der Waals surface area (Å²) in [5.74, 6) is 0. The van der Waals surface area contributed by atoms with Crippen LogP contribution in [0.3, 0.4) is 0 Å². The number of hydrogen-bond donors (Lipinski definition) is 0. The average molecular weight is 317 g/mol. The Morgan fingerprint density at radius 1 is 1.14 bits per heavy atom. The molecule has 22 heavy (non-hydrogen) atoms. The van der Waals surface area contributed by atoms with E-state index in [4.69, 9.17) is 4.74 Å². The summed E-state index contributed by atoms with van der Waals surface area (Å²) < 4.78 is 9.77. The van der Waals surface area contributed by atoms with Crippen LogP contribution in [0.15, 0.2) is 23.1 Å². The van der Waals surface area contributed by atoms with Crippen LogP contribution in [0.25, 0.3) is 11.1 Å². The van der Waals surface area contributed by atoms with Gasteiger partial charge in [0.05, 0.1) is 18.9 Å². The monoisotopic (exact) mass is 317 g/mol. The van der Waals surface area contributed by atoms with Gasteiger partial charge in [-0.2, -0.15) is 5.10 Å². The van der Waals surface area contributed by atoms with Crippen LogP contribution in [0.2, 0.25) is 0 Å². The van der Waals surface area contributed by atoms with E-state index in [0.717, 1.165) is 32.0 Å². The minimum atomic E-state index is 0.826. The molecule has 4 nitrogen and oxygen atoms in total. The molecular formula is C17H23N3OS. The molecule has 2 aromatic rings. The molecule has 1 saturated heterocycles. The van der Waals surface area contributed by atoms with E-state index in [-0.39, 0.29) is 0 Å². The predicted octanol–water partition coefficient (Wildman–Crippen LogP) is 3.35. The first-order valence-electron chi connectivity index (χ1n) is 7.68. The molecule has 5 heteroatoms. The Balaban J connectivity index is 1.92. The molecule has 118 valence electrons. The van der Waals surface area contributed by atoms with Gasteiger partial charge in [-0.3, -0.25) is 4.68 Å². The molecule has 0 N–H and O–H groups in total. The molecule has 2 heterocycles. The zero-order valence-electron chi connectivity index (χ0n) is 13.7. The fourth-order valence-corrected chi connectivity index (χ4v) is 3.82. The number of rotatable bonds is 3. The smallest absolute Gasteiger partial charge is 0.0674 e. The van der Waals surface area contributed by atoms with E-state index in [2.05, 4.69) is 48.4 Å². The molecule has 1 aliphatic heterocycles. The first-order valence-corrected chi connectivity index (χ1v) is 8.45. The highest BCUT2D eigenvalue weighted by molar-refractivity contribution is 7.97. The van der Waals surface area contributed by atoms with Crippen molar-refractivity contribution in [3.63, 3.8) is 0 Å². The Hall–Kier alpha value is -1.30. The first kappa shape index (κ1) is 15.6. The van der Waals surface area contributed by atoms with Gasteiger partial charge in [-0.25, -0.2) is 4.31 Å². The lowest BCUT2D eigenvalue weighted by molar-refractivity contribution is 0.0773. The molecule has 0 unspecified atom stereocenters. The Bertz CT molecular complexity index is 675. The predicted molar refractivity (Wildman–Crippen MR) is 91.1 cm³/mol. The van der Waals surface area contributed by atoms with E-state index in [9.17, 15) is 0 Å². The number of ether oxygens (including phenoxy) is 1. The van der Waals surface area contributed by atoms with Crippen LogP contribution in [0.1, 0.15) is 17.0 Å². The summed E-state index contributed by atoms with van der Waals surface area (Å²) in [5, 5.41) is 4.54. The Morgan fingerprint density at radius 3 is 2.50 bits per heavy atom. The zero-order valence-corrected chi connectivity index (χ0v) is 14.5. The largest absolute Gasteiger partial charge is 0.379 e. The minimum Gasteiger partial charge on any atom is -0.379 e. The van der Waals surface area contributed by atoms with Gasteiger partial charge in [-0.15, -0.1) is 0 Å². The van der Waals surface area contributed by atoms with Crippen LogP contribution in [-0.4, -0.2) is 40.4 Å². The van der Waals surface area contributed by atoms with Gasteiger partial charge in [-0.1, -0.05) is 12.1 Å². The van der Waals surface area contributed by atoms with Gasteiger partial charge in [0.25, 0.3) is 0 Å². The molecule has 1 aliphatic rings. The second-order valence-corrected chi connectivity index (χ2v) is 6.92. The molecule has 1 aromatic carbocycles. The molecular weight excluding hydrogens is 294 g/mol. The standard InChI is InChI=1S/C17H23N3OS/c1-12-5-6-15(17-13(2)18-19(4)14(17)3)11-16(12)22-20-7-9-21-10-8-20/h5-6,11H,7-10H2,1-4H3. The minimum absolute atomic E-state index is 0.826. The molecule has 3 rings (SSSR count). The lowest BCUT2D eigenvalue weighted by Gasteiger charge is -2.26. The van der Waals surface area contributed by atoms with E-state index in [1.165, 1.54) is 27.3 Å². The summed E-state index contributed by atoms with van der Waals surface area (Å²) in [4.78, 5) is 1.32. The number of hydrogen-bond acceptors (Lipinski definition) is 4. The fraction of sp³-hybridized carbons (Fsp3) is 0.471. The van der Waals surface area contributed by atoms with Crippen molar-refractivity contribution in [1.82, 2.24) is 14.1 Å². The van der Waals surface area contributed by atoms with Crippen molar-refractivity contribution in [3.8, 4) is 11.1 Å². The highest BCUT2D eigenvalue weighted by Crippen LogP contribution is 2.33. The SMILES string of the molecule is Cc1ccc(-c2c(C)nn(C)c2C)cc1SN1CCOCC1. The van der Waals surface area contributed by atoms with Crippen LogP contribution < -0.4 is 0 Å². The van der Waals surface area contributed by atoms with E-state index >= 15 is 0 Å². The number of nitrogens with zero attached hydrogens (tertiary/aromatic N) is 3. The van der Waals surface area contributed by atoms with Gasteiger partial charge < -0.3 is 4.74 Å². The number of benzene rings is 1. The maximum absolute atomic E-state index is 5.43. The second kappa shape index (κ2) is 6.44. The second-order valence-electron chi connectivity index (χ2n) is 5.78. The number of aryl methyl sites for hydroxylation is 3. The summed E-state index contributed by atoms with van der Waals surface area (Å²) in [5.41, 5.74) is 6.13. The van der Waals surface area contributed by atoms with Gasteiger partial charge in [0.2, 0.25) is 0 Å². The van der Waals surface area contributed by atoms with Gasteiger partial charge in [0.15, 0.2) is 0 Å². The summed E-state index contributed by atoms with van der Waals surface area (Å²) >= 11 is 1.84. The molecule has 0 aliphatic carbocycles. The Morgan fingerprint density at radius 2 is 1.86 bits per heavy atom. The van der Waals surface area contributed by atoms with Gasteiger partial charge in [-0.05, 0) is 49.9 Å². The molecule has 1 aromatic heterocycles. The topological polar surface area (TPSA) is 30.3 Å². The molecule has 1 fully saturated rings. The van der Waals surface area contributed by atoms with Crippen LogP contribution in [0.4, 0.5) is 0 Å². The molecule has 0 atom stereocenters. The molecule has 0 spiro atoms. The Labute approximate surface area is 136 Å². The maximum Gasteiger partial charge on any atom is 0.0674 e. The fourth-order valence-electron chi connectivity index (χ4n) is 2.82. The summed E-state index contributed by atoms with van der Waals surface area (Å²) in [6.45, 7) is 10.0. The third-order valence-electron chi connectivity index (χ3n) is 4.18. The molecule has 0 saturated carbocycles. The van der Waals surface area contributed by atoms with Crippen molar-refractivity contribution >= 4 is 11.9 Å². The van der Waals surface area contributed by atoms with E-state index in [1.807, 2.05) is 23.7 Å². The summed E-state index contributed by atoms with van der Waals surface area (Å²) in [6, 6.07) is 6.71. The van der Waals surface area contributed by atoms with Crippen LogP contribution in [-0.2, 0) is 11.8 Å². The van der Waals surface area contributed by atoms with Crippen molar-refractivity contribution in [2.45, 2.75) is 25.7 Å². The molecule has 0 radical (unpaired) electrons. The number of aromatic nitrogens is 2. The van der Waals surface area contributed by atoms with Crippen LogP contribution >= 0.6 is 11.9 Å². The van der Waals surface area contributed by atoms with E-state index in [1.54, 1.807) is 0 Å². The van der Waals surface area contributed by atoms with E-state index < -0.39 is 0 Å². The van der Waals surface area contributed by atoms with Gasteiger partial charge >= 0.3 is 0 Å². The molecule has 0 bridgehead atoms. The summed E-state index contributed by atoms with van der Waals surface area (Å²) in [6.07, 6.45) is 0. The quantitative estimate of drug-likeness (QED) is 0.812. The molecule has 0 amide bonds. The van der Waals surface area contributed by atoms with Gasteiger partial charge in [0.1, 0.15) is 0 Å². The lowest BCUT2D eigenvalue weighted by atomic mass is 10.0. The van der Waals surface area contributed by atoms with Crippen molar-refractivity contribution < 1.29 is 4.74 Å². The summed E-state index contributed by atoms with van der Waals surface area (Å²) in [7, 11) is 2.00. The van der Waals surface area contributed by atoms with Crippen molar-refractivity contribution in [2.75, 3.05) is 26.3 Å². The van der Waals surface area contributed by atoms with Crippen molar-refractivity contribution in [3.05, 3.63) is 35.2 Å². The third-order valence-corrected chi connectivity index (χ3v) is 5.44. The first-order chi connectivity index (χ1) is 10.6. The van der Waals surface area contributed by atoms with Crippen LogP contribution in [0, 0.1) is 20.8 Å². The highest BCUT2D eigenvalue weighted by Gasteiger charge is 2.16. The average Bonchev–Trinajstić information content (AvgIpc) is 2.76. The zero-order chi connectivity index (χ0) is 15.7. The van der Waals surface area contributed by atoms with E-state index in [0.29, 0.717) is 0 Å². The van der Waals surface area contributed by atoms with Crippen molar-refractivity contribution in [2.24, 2.45) is 7.05 Å². The normalized spacial score (nSPS) is 16.2. The third kappa shape index (κ3) is 3.07.